The van der Waals surface area contributed by atoms with Crippen LogP contribution in [0.25, 0.3) is 0 Å². The summed E-state index contributed by atoms with van der Waals surface area (Å²) in [5, 5.41) is 0. The smallest absolute Gasteiger partial charge is 0.374 e. The molecule has 1 aliphatic rings. The first kappa shape index (κ1) is 16.5. The lowest BCUT2D eigenvalue weighted by Crippen LogP contribution is -2.45. The Bertz CT molecular complexity index is 662. The molecule has 1 aliphatic heterocycles. The zero-order valence-corrected chi connectivity index (χ0v) is 14.5. The summed E-state index contributed by atoms with van der Waals surface area (Å²) in [5.41, 5.74) is 0.885. The molecule has 124 valence electrons. The molecule has 0 radical (unpaired) electrons. The summed E-state index contributed by atoms with van der Waals surface area (Å²) in [6, 6.07) is 5.88. The number of hydrogen-bond acceptors (Lipinski definition) is 6. The van der Waals surface area contributed by atoms with E-state index in [0.717, 1.165) is 42.6 Å². The van der Waals surface area contributed by atoms with Gasteiger partial charge in [0, 0.05) is 49.7 Å². The highest BCUT2D eigenvalue weighted by Crippen LogP contribution is 2.23. The maximum atomic E-state index is 11.6. The van der Waals surface area contributed by atoms with E-state index < -0.39 is 5.97 Å². The van der Waals surface area contributed by atoms with Gasteiger partial charge in [-0.3, -0.25) is 9.80 Å². The first-order chi connectivity index (χ1) is 11.2. The molecule has 7 heteroatoms. The van der Waals surface area contributed by atoms with E-state index in [9.17, 15) is 4.79 Å². The van der Waals surface area contributed by atoms with Gasteiger partial charge in [-0.25, -0.2) is 4.79 Å². The minimum atomic E-state index is -0.418. The molecule has 0 N–H and O–H groups in total. The van der Waals surface area contributed by atoms with Crippen molar-refractivity contribution in [1.29, 1.82) is 0 Å². The highest BCUT2D eigenvalue weighted by molar-refractivity contribution is 7.16. The highest BCUT2D eigenvalue weighted by atomic mass is 35.5. The minimum Gasteiger partial charge on any atom is -0.463 e. The summed E-state index contributed by atoms with van der Waals surface area (Å²) in [6.07, 6.45) is 1.54. The Morgan fingerprint density at radius 3 is 2.52 bits per heavy atom. The van der Waals surface area contributed by atoms with Gasteiger partial charge >= 0.3 is 5.97 Å². The van der Waals surface area contributed by atoms with Gasteiger partial charge in [0.05, 0.1) is 17.7 Å². The molecule has 0 amide bonds. The highest BCUT2D eigenvalue weighted by Gasteiger charge is 2.21. The number of carbonyl (C=O) groups is 1. The lowest BCUT2D eigenvalue weighted by Gasteiger charge is -2.34. The summed E-state index contributed by atoms with van der Waals surface area (Å²) in [7, 11) is 1.37. The third-order valence-corrected chi connectivity index (χ3v) is 5.20. The molecular weight excluding hydrogens is 336 g/mol. The molecule has 1 fully saturated rings. The number of furan rings is 1. The summed E-state index contributed by atoms with van der Waals surface area (Å²) < 4.78 is 10.8. The molecule has 0 saturated carbocycles. The van der Waals surface area contributed by atoms with Crippen molar-refractivity contribution in [2.75, 3.05) is 33.3 Å². The molecule has 0 unspecified atom stereocenters. The van der Waals surface area contributed by atoms with Crippen LogP contribution >= 0.6 is 22.9 Å². The molecule has 5 nitrogen and oxygen atoms in total. The van der Waals surface area contributed by atoms with Gasteiger partial charge in [0.2, 0.25) is 5.76 Å². The van der Waals surface area contributed by atoms with Gasteiger partial charge in [-0.2, -0.15) is 0 Å². The van der Waals surface area contributed by atoms with Crippen molar-refractivity contribution in [3.8, 4) is 0 Å². The lowest BCUT2D eigenvalue weighted by molar-refractivity contribution is 0.0560. The van der Waals surface area contributed by atoms with Gasteiger partial charge in [-0.05, 0) is 18.2 Å². The van der Waals surface area contributed by atoms with Crippen molar-refractivity contribution in [2.45, 2.75) is 13.1 Å². The molecule has 0 atom stereocenters. The van der Waals surface area contributed by atoms with E-state index in [1.165, 1.54) is 12.0 Å². The van der Waals surface area contributed by atoms with Crippen LogP contribution in [0, 0.1) is 0 Å². The van der Waals surface area contributed by atoms with Gasteiger partial charge in [-0.15, -0.1) is 11.3 Å². The van der Waals surface area contributed by atoms with E-state index in [-0.39, 0.29) is 0 Å². The van der Waals surface area contributed by atoms with E-state index in [1.54, 1.807) is 17.6 Å². The maximum absolute atomic E-state index is 11.6. The van der Waals surface area contributed by atoms with Crippen LogP contribution in [-0.4, -0.2) is 49.1 Å². The summed E-state index contributed by atoms with van der Waals surface area (Å²) in [6.45, 7) is 5.58. The number of piperazine rings is 1. The Labute approximate surface area is 144 Å². The number of esters is 1. The summed E-state index contributed by atoms with van der Waals surface area (Å²) in [4.78, 5) is 17.7. The standard InChI is InChI=1S/C16H19ClN2O3S/c1-21-16(20)15-12(4-9-22-15)10-18-5-7-19(8-6-18)11-13-2-3-14(17)23-13/h2-4,9H,5-8,10-11H2,1H3. The number of nitrogens with zero attached hydrogens (tertiary/aromatic N) is 2. The van der Waals surface area contributed by atoms with Crippen LogP contribution in [0.15, 0.2) is 28.9 Å². The van der Waals surface area contributed by atoms with Crippen molar-refractivity contribution < 1.29 is 13.9 Å². The van der Waals surface area contributed by atoms with E-state index in [2.05, 4.69) is 15.9 Å². The minimum absolute atomic E-state index is 0.308. The van der Waals surface area contributed by atoms with Gasteiger partial charge in [0.15, 0.2) is 0 Å². The molecule has 2 aromatic rings. The number of halogens is 1. The zero-order chi connectivity index (χ0) is 16.2. The summed E-state index contributed by atoms with van der Waals surface area (Å²) >= 11 is 7.62. The third kappa shape index (κ3) is 4.14. The SMILES string of the molecule is COC(=O)c1occc1CN1CCN(Cc2ccc(Cl)s2)CC1. The van der Waals surface area contributed by atoms with E-state index >= 15 is 0 Å². The average molecular weight is 355 g/mol. The number of hydrogen-bond donors (Lipinski definition) is 0. The molecule has 0 bridgehead atoms. The van der Waals surface area contributed by atoms with Crippen LogP contribution in [-0.2, 0) is 17.8 Å². The second-order valence-corrected chi connectivity index (χ2v) is 7.32. The Balaban J connectivity index is 1.51. The average Bonchev–Trinajstić information content (AvgIpc) is 3.17. The molecule has 0 aromatic carbocycles. The Hall–Kier alpha value is -1.34. The predicted molar refractivity (Wildman–Crippen MR) is 89.9 cm³/mol. The van der Waals surface area contributed by atoms with E-state index in [4.69, 9.17) is 20.8 Å². The predicted octanol–water partition coefficient (Wildman–Crippen LogP) is 3.10. The monoisotopic (exact) mass is 354 g/mol. The van der Waals surface area contributed by atoms with Crippen molar-refractivity contribution in [3.63, 3.8) is 0 Å². The molecular formula is C16H19ClN2O3S. The van der Waals surface area contributed by atoms with Crippen LogP contribution in [0.2, 0.25) is 4.34 Å². The van der Waals surface area contributed by atoms with Crippen molar-refractivity contribution >= 4 is 28.9 Å². The van der Waals surface area contributed by atoms with Crippen molar-refractivity contribution in [3.05, 3.63) is 45.0 Å². The quantitative estimate of drug-likeness (QED) is 0.772. The van der Waals surface area contributed by atoms with Gasteiger partial charge in [-0.1, -0.05) is 11.6 Å². The second-order valence-electron chi connectivity index (χ2n) is 5.52. The fourth-order valence-electron chi connectivity index (χ4n) is 2.74. The normalized spacial score (nSPS) is 16.6. The van der Waals surface area contributed by atoms with Crippen LogP contribution in [0.4, 0.5) is 0 Å². The fraction of sp³-hybridized carbons (Fsp3) is 0.438. The number of rotatable bonds is 5. The van der Waals surface area contributed by atoms with Crippen LogP contribution < -0.4 is 0 Å². The molecule has 1 saturated heterocycles. The van der Waals surface area contributed by atoms with Gasteiger partial charge < -0.3 is 9.15 Å². The van der Waals surface area contributed by atoms with E-state index in [1.807, 2.05) is 12.1 Å². The van der Waals surface area contributed by atoms with Crippen molar-refractivity contribution in [1.82, 2.24) is 9.80 Å². The first-order valence-electron chi connectivity index (χ1n) is 7.49. The molecule has 2 aromatic heterocycles. The largest absolute Gasteiger partial charge is 0.463 e. The van der Waals surface area contributed by atoms with Gasteiger partial charge in [0.25, 0.3) is 0 Å². The molecule has 23 heavy (non-hydrogen) atoms. The molecule has 3 heterocycles. The molecule has 3 rings (SSSR count). The molecule has 0 spiro atoms. The van der Waals surface area contributed by atoms with Crippen LogP contribution in [0.5, 0.6) is 0 Å². The topological polar surface area (TPSA) is 45.9 Å². The van der Waals surface area contributed by atoms with Crippen LogP contribution in [0.1, 0.15) is 21.0 Å². The number of ether oxygens (including phenoxy) is 1. The number of thiophene rings is 1. The summed E-state index contributed by atoms with van der Waals surface area (Å²) in [5.74, 6) is -0.110. The number of methoxy groups -OCH3 is 1. The lowest BCUT2D eigenvalue weighted by atomic mass is 10.2. The number of carbonyl (C=O) groups excluding carboxylic acids is 1. The Kier molecular flexibility index (Phi) is 5.38. The Morgan fingerprint density at radius 1 is 1.22 bits per heavy atom. The maximum Gasteiger partial charge on any atom is 0.374 e. The Morgan fingerprint density at radius 2 is 1.91 bits per heavy atom. The van der Waals surface area contributed by atoms with E-state index in [0.29, 0.717) is 12.3 Å². The fourth-order valence-corrected chi connectivity index (χ4v) is 3.87. The van der Waals surface area contributed by atoms with Gasteiger partial charge in [0.1, 0.15) is 0 Å². The zero-order valence-electron chi connectivity index (χ0n) is 13.0. The van der Waals surface area contributed by atoms with Crippen molar-refractivity contribution in [2.24, 2.45) is 0 Å². The first-order valence-corrected chi connectivity index (χ1v) is 8.69. The second kappa shape index (κ2) is 7.49. The third-order valence-electron chi connectivity index (χ3n) is 3.98. The van der Waals surface area contributed by atoms with Crippen LogP contribution in [0.3, 0.4) is 0 Å². The molecule has 0 aliphatic carbocycles.